The number of nitrogens with zero attached hydrogens (tertiary/aromatic N) is 2. The molecule has 0 atom stereocenters. The molecule has 112 valence electrons. The van der Waals surface area contributed by atoms with Crippen molar-refractivity contribution >= 4 is 11.7 Å². The van der Waals surface area contributed by atoms with Gasteiger partial charge in [0.1, 0.15) is 12.4 Å². The maximum atomic E-state index is 12.1. The second kappa shape index (κ2) is 6.30. The Kier molecular flexibility index (Phi) is 4.47. The van der Waals surface area contributed by atoms with E-state index in [2.05, 4.69) is 5.10 Å². The molecule has 1 aromatic heterocycles. The number of hydrogen-bond acceptors (Lipinski definition) is 5. The molecule has 0 spiro atoms. The molecule has 0 aliphatic rings. The highest BCUT2D eigenvalue weighted by atomic mass is 16.5. The zero-order valence-corrected chi connectivity index (χ0v) is 12.4. The average molecular weight is 289 g/mol. The number of carbonyl (C=O) groups excluding carboxylic acids is 1. The number of anilines is 1. The van der Waals surface area contributed by atoms with Gasteiger partial charge in [0.2, 0.25) is 0 Å². The lowest BCUT2D eigenvalue weighted by molar-refractivity contribution is 0.0463. The first-order valence-electron chi connectivity index (χ1n) is 6.69. The van der Waals surface area contributed by atoms with Crippen molar-refractivity contribution in [2.45, 2.75) is 20.5 Å². The van der Waals surface area contributed by atoms with E-state index in [4.69, 9.17) is 15.2 Å². The van der Waals surface area contributed by atoms with Gasteiger partial charge in [0.25, 0.3) is 0 Å². The molecule has 0 unspecified atom stereocenters. The van der Waals surface area contributed by atoms with E-state index in [1.807, 2.05) is 27.0 Å². The summed E-state index contributed by atoms with van der Waals surface area (Å²) in [5, 5.41) is 4.20. The summed E-state index contributed by atoms with van der Waals surface area (Å²) >= 11 is 0. The molecule has 1 heterocycles. The third-order valence-corrected chi connectivity index (χ3v) is 2.93. The molecule has 6 nitrogen and oxygen atoms in total. The Morgan fingerprint density at radius 1 is 1.33 bits per heavy atom. The molecule has 0 saturated carbocycles. The Morgan fingerprint density at radius 3 is 2.71 bits per heavy atom. The SMILES string of the molecule is CCOc1cc(N)cc(C(=O)OCc2cc(C)nn2C)c1. The molecule has 2 aromatic rings. The van der Waals surface area contributed by atoms with Crippen LogP contribution in [-0.2, 0) is 18.4 Å². The van der Waals surface area contributed by atoms with Gasteiger partial charge in [-0.25, -0.2) is 4.79 Å². The maximum Gasteiger partial charge on any atom is 0.338 e. The van der Waals surface area contributed by atoms with Crippen molar-refractivity contribution < 1.29 is 14.3 Å². The fourth-order valence-electron chi connectivity index (χ4n) is 2.01. The summed E-state index contributed by atoms with van der Waals surface area (Å²) in [4.78, 5) is 12.1. The highest BCUT2D eigenvalue weighted by molar-refractivity contribution is 5.91. The van der Waals surface area contributed by atoms with Gasteiger partial charge < -0.3 is 15.2 Å². The minimum atomic E-state index is -0.442. The minimum Gasteiger partial charge on any atom is -0.494 e. The predicted octanol–water partition coefficient (Wildman–Crippen LogP) is 2.07. The standard InChI is InChI=1S/C15H19N3O3/c1-4-20-14-7-11(6-12(16)8-14)15(19)21-9-13-5-10(2)17-18(13)3/h5-8H,4,9,16H2,1-3H3. The molecule has 2 N–H and O–H groups in total. The van der Waals surface area contributed by atoms with Gasteiger partial charge in [0.15, 0.2) is 0 Å². The van der Waals surface area contributed by atoms with Crippen molar-refractivity contribution in [3.8, 4) is 5.75 Å². The van der Waals surface area contributed by atoms with E-state index in [1.165, 1.54) is 0 Å². The summed E-state index contributed by atoms with van der Waals surface area (Å²) in [6.45, 7) is 4.42. The lowest BCUT2D eigenvalue weighted by Crippen LogP contribution is -2.09. The van der Waals surface area contributed by atoms with Gasteiger partial charge in [0, 0.05) is 18.8 Å². The molecule has 0 saturated heterocycles. The van der Waals surface area contributed by atoms with Gasteiger partial charge in [0.05, 0.1) is 23.6 Å². The molecule has 6 heteroatoms. The number of aromatic nitrogens is 2. The molecule has 0 aliphatic heterocycles. The third kappa shape index (κ3) is 3.75. The van der Waals surface area contributed by atoms with E-state index in [9.17, 15) is 4.79 Å². The van der Waals surface area contributed by atoms with Crippen LogP contribution in [-0.4, -0.2) is 22.4 Å². The van der Waals surface area contributed by atoms with Crippen LogP contribution in [0.4, 0.5) is 5.69 Å². The summed E-state index contributed by atoms with van der Waals surface area (Å²) in [6.07, 6.45) is 0. The van der Waals surface area contributed by atoms with Crippen molar-refractivity contribution in [2.75, 3.05) is 12.3 Å². The highest BCUT2D eigenvalue weighted by Crippen LogP contribution is 2.20. The quantitative estimate of drug-likeness (QED) is 0.673. The first-order chi connectivity index (χ1) is 9.99. The fraction of sp³-hybridized carbons (Fsp3) is 0.333. The smallest absolute Gasteiger partial charge is 0.338 e. The lowest BCUT2D eigenvalue weighted by atomic mass is 10.2. The van der Waals surface area contributed by atoms with Crippen LogP contribution >= 0.6 is 0 Å². The Labute approximate surface area is 123 Å². The Hall–Kier alpha value is -2.50. The monoisotopic (exact) mass is 289 g/mol. The van der Waals surface area contributed by atoms with Gasteiger partial charge >= 0.3 is 5.97 Å². The zero-order chi connectivity index (χ0) is 15.4. The predicted molar refractivity (Wildman–Crippen MR) is 79.1 cm³/mol. The van der Waals surface area contributed by atoms with Gasteiger partial charge in [-0.15, -0.1) is 0 Å². The normalized spacial score (nSPS) is 10.4. The molecule has 2 rings (SSSR count). The van der Waals surface area contributed by atoms with Crippen molar-refractivity contribution in [3.05, 3.63) is 41.2 Å². The molecular weight excluding hydrogens is 270 g/mol. The summed E-state index contributed by atoms with van der Waals surface area (Å²) in [6, 6.07) is 6.74. The van der Waals surface area contributed by atoms with Crippen molar-refractivity contribution in [2.24, 2.45) is 7.05 Å². The number of carbonyl (C=O) groups is 1. The van der Waals surface area contributed by atoms with Gasteiger partial charge in [-0.1, -0.05) is 0 Å². The van der Waals surface area contributed by atoms with Gasteiger partial charge in [-0.05, 0) is 32.0 Å². The van der Waals surface area contributed by atoms with Crippen LogP contribution in [0.5, 0.6) is 5.75 Å². The number of benzene rings is 1. The number of hydrogen-bond donors (Lipinski definition) is 1. The number of aryl methyl sites for hydroxylation is 2. The van der Waals surface area contributed by atoms with Crippen molar-refractivity contribution in [1.29, 1.82) is 0 Å². The van der Waals surface area contributed by atoms with Crippen LogP contribution in [0.1, 0.15) is 28.7 Å². The van der Waals surface area contributed by atoms with Crippen LogP contribution in [0.25, 0.3) is 0 Å². The first kappa shape index (κ1) is 14.9. The molecule has 0 radical (unpaired) electrons. The van der Waals surface area contributed by atoms with E-state index >= 15 is 0 Å². The van der Waals surface area contributed by atoms with Gasteiger partial charge in [-0.3, -0.25) is 4.68 Å². The molecule has 0 fully saturated rings. The Morgan fingerprint density at radius 2 is 2.10 bits per heavy atom. The summed E-state index contributed by atoms with van der Waals surface area (Å²) < 4.78 is 12.3. The topological polar surface area (TPSA) is 79.4 Å². The Bertz CT molecular complexity index is 650. The number of ether oxygens (including phenoxy) is 2. The second-order valence-electron chi connectivity index (χ2n) is 4.70. The van der Waals surface area contributed by atoms with Crippen molar-refractivity contribution in [3.63, 3.8) is 0 Å². The number of nitrogens with two attached hydrogens (primary N) is 1. The third-order valence-electron chi connectivity index (χ3n) is 2.93. The average Bonchev–Trinajstić information content (AvgIpc) is 2.74. The number of nitrogen functional groups attached to an aromatic ring is 1. The van der Waals surface area contributed by atoms with Crippen LogP contribution in [0.2, 0.25) is 0 Å². The first-order valence-corrected chi connectivity index (χ1v) is 6.69. The summed E-state index contributed by atoms with van der Waals surface area (Å²) in [5.41, 5.74) is 8.30. The molecule has 1 aromatic carbocycles. The zero-order valence-electron chi connectivity index (χ0n) is 12.4. The van der Waals surface area contributed by atoms with E-state index in [-0.39, 0.29) is 6.61 Å². The van der Waals surface area contributed by atoms with Crippen LogP contribution < -0.4 is 10.5 Å². The molecule has 0 amide bonds. The van der Waals surface area contributed by atoms with E-state index in [0.717, 1.165) is 11.4 Å². The number of esters is 1. The van der Waals surface area contributed by atoms with Crippen molar-refractivity contribution in [1.82, 2.24) is 9.78 Å². The number of rotatable bonds is 5. The van der Waals surface area contributed by atoms with E-state index in [0.29, 0.717) is 23.6 Å². The van der Waals surface area contributed by atoms with Crippen LogP contribution in [0.3, 0.4) is 0 Å². The lowest BCUT2D eigenvalue weighted by Gasteiger charge is -2.08. The largest absolute Gasteiger partial charge is 0.494 e. The van der Waals surface area contributed by atoms with Crippen LogP contribution in [0.15, 0.2) is 24.3 Å². The summed E-state index contributed by atoms with van der Waals surface area (Å²) in [5.74, 6) is 0.114. The second-order valence-corrected chi connectivity index (χ2v) is 4.70. The highest BCUT2D eigenvalue weighted by Gasteiger charge is 2.12. The van der Waals surface area contributed by atoms with E-state index in [1.54, 1.807) is 22.9 Å². The maximum absolute atomic E-state index is 12.1. The van der Waals surface area contributed by atoms with Crippen LogP contribution in [0, 0.1) is 6.92 Å². The minimum absolute atomic E-state index is 0.162. The Balaban J connectivity index is 2.08. The fourth-order valence-corrected chi connectivity index (χ4v) is 2.01. The van der Waals surface area contributed by atoms with E-state index < -0.39 is 5.97 Å². The van der Waals surface area contributed by atoms with Gasteiger partial charge in [-0.2, -0.15) is 5.10 Å². The summed E-state index contributed by atoms with van der Waals surface area (Å²) in [7, 11) is 1.81. The molecule has 21 heavy (non-hydrogen) atoms. The molecule has 0 aliphatic carbocycles. The molecular formula is C15H19N3O3. The molecule has 0 bridgehead atoms.